The van der Waals surface area contributed by atoms with Gasteiger partial charge in [0.25, 0.3) is 0 Å². The van der Waals surface area contributed by atoms with Crippen molar-refractivity contribution in [3.05, 3.63) is 115 Å². The van der Waals surface area contributed by atoms with E-state index in [-0.39, 0.29) is 23.0 Å². The number of anilines is 1. The van der Waals surface area contributed by atoms with Gasteiger partial charge in [-0.1, -0.05) is 30.3 Å². The summed E-state index contributed by atoms with van der Waals surface area (Å²) in [4.78, 5) is 24.7. The second-order valence-corrected chi connectivity index (χ2v) is 7.37. The van der Waals surface area contributed by atoms with Crippen LogP contribution in [0.3, 0.4) is 0 Å². The van der Waals surface area contributed by atoms with E-state index in [2.05, 4.69) is 10.5 Å². The van der Waals surface area contributed by atoms with E-state index in [1.54, 1.807) is 24.3 Å². The zero-order chi connectivity index (χ0) is 24.0. The molecule has 3 aromatic carbocycles. The molecule has 0 aliphatic rings. The van der Waals surface area contributed by atoms with E-state index in [0.29, 0.717) is 5.56 Å². The number of carbonyl (C=O) groups excluding carboxylic acids is 2. The molecule has 8 nitrogen and oxygen atoms in total. The van der Waals surface area contributed by atoms with Gasteiger partial charge in [-0.15, -0.1) is 0 Å². The van der Waals surface area contributed by atoms with Crippen LogP contribution < -0.4 is 14.9 Å². The number of fused-ring (bicyclic) bond motifs is 1. The minimum Gasteiger partial charge on any atom is -0.457 e. The second-order valence-electron chi connectivity index (χ2n) is 7.37. The van der Waals surface area contributed by atoms with Crippen LogP contribution in [0.25, 0.3) is 10.8 Å². The summed E-state index contributed by atoms with van der Waals surface area (Å²) in [7, 11) is 0. The highest BCUT2D eigenvalue weighted by molar-refractivity contribution is 5.92. The summed E-state index contributed by atoms with van der Waals surface area (Å²) in [6.07, 6.45) is 4.24. The average Bonchev–Trinajstić information content (AvgIpc) is 3.60. The van der Waals surface area contributed by atoms with Gasteiger partial charge in [0.15, 0.2) is 0 Å². The van der Waals surface area contributed by atoms with Crippen LogP contribution in [0.2, 0.25) is 0 Å². The van der Waals surface area contributed by atoms with E-state index in [0.717, 1.165) is 16.5 Å². The van der Waals surface area contributed by atoms with Crippen LogP contribution in [0.4, 0.5) is 5.69 Å². The molecule has 0 unspecified atom stereocenters. The van der Waals surface area contributed by atoms with Crippen LogP contribution in [-0.2, 0) is 0 Å². The van der Waals surface area contributed by atoms with Crippen molar-refractivity contribution in [2.45, 2.75) is 0 Å². The number of nitrogens with one attached hydrogen (secondary N) is 1. The van der Waals surface area contributed by atoms with Gasteiger partial charge in [0.2, 0.25) is 11.5 Å². The summed E-state index contributed by atoms with van der Waals surface area (Å²) < 4.78 is 21.0. The van der Waals surface area contributed by atoms with Gasteiger partial charge in [-0.2, -0.15) is 5.10 Å². The van der Waals surface area contributed by atoms with E-state index in [9.17, 15) is 9.59 Å². The molecule has 0 saturated heterocycles. The topological polar surface area (TPSA) is 103 Å². The highest BCUT2D eigenvalue weighted by atomic mass is 16.6. The smallest absolute Gasteiger partial charge is 0.379 e. The number of rotatable bonds is 7. The molecular formula is C27H18N2O6. The fraction of sp³-hybridized carbons (Fsp3) is 0. The van der Waals surface area contributed by atoms with E-state index in [1.807, 2.05) is 42.5 Å². The molecule has 0 amide bonds. The van der Waals surface area contributed by atoms with Crippen LogP contribution in [0.1, 0.15) is 26.7 Å². The zero-order valence-corrected chi connectivity index (χ0v) is 18.2. The lowest BCUT2D eigenvalue weighted by Gasteiger charge is -2.09. The van der Waals surface area contributed by atoms with Gasteiger partial charge in [0.05, 0.1) is 24.4 Å². The molecule has 5 rings (SSSR count). The standard InChI is InChI=1S/C27H18N2O6/c30-26(23-7-3-13-32-23)34-22-12-10-20(25(16-22)35-27(31)24-8-4-14-33-24)17-28-29-21-11-9-18-5-1-2-6-19(18)15-21/h1-17,29H/b28-17+. The van der Waals surface area contributed by atoms with Gasteiger partial charge in [0.1, 0.15) is 11.5 Å². The summed E-state index contributed by atoms with van der Waals surface area (Å²) in [5, 5.41) is 6.46. The highest BCUT2D eigenvalue weighted by Gasteiger charge is 2.17. The first-order chi connectivity index (χ1) is 17.2. The van der Waals surface area contributed by atoms with Gasteiger partial charge < -0.3 is 18.3 Å². The lowest BCUT2D eigenvalue weighted by Crippen LogP contribution is -2.10. The predicted octanol–water partition coefficient (Wildman–Crippen LogP) is 5.91. The van der Waals surface area contributed by atoms with Crippen LogP contribution in [0.15, 0.2) is 111 Å². The van der Waals surface area contributed by atoms with E-state index in [4.69, 9.17) is 18.3 Å². The largest absolute Gasteiger partial charge is 0.457 e. The van der Waals surface area contributed by atoms with Gasteiger partial charge in [-0.3, -0.25) is 5.43 Å². The van der Waals surface area contributed by atoms with Crippen LogP contribution in [-0.4, -0.2) is 18.2 Å². The van der Waals surface area contributed by atoms with Crippen molar-refractivity contribution in [3.8, 4) is 11.5 Å². The normalized spacial score (nSPS) is 11.0. The molecule has 0 spiro atoms. The molecule has 0 bridgehead atoms. The number of esters is 2. The first kappa shape index (κ1) is 21.7. The fourth-order valence-electron chi connectivity index (χ4n) is 3.31. The Bertz CT molecular complexity index is 1500. The Balaban J connectivity index is 1.38. The SMILES string of the molecule is O=C(Oc1ccc(/C=N/Nc2ccc3ccccc3c2)c(OC(=O)c2ccco2)c1)c1ccco1. The molecule has 2 aromatic heterocycles. The Kier molecular flexibility index (Phi) is 6.08. The third kappa shape index (κ3) is 5.12. The maximum atomic E-state index is 12.5. The summed E-state index contributed by atoms with van der Waals surface area (Å²) in [6, 6.07) is 24.6. The van der Waals surface area contributed by atoms with Crippen molar-refractivity contribution in [2.24, 2.45) is 5.10 Å². The molecule has 5 aromatic rings. The minimum atomic E-state index is -0.707. The Morgan fingerprint density at radius 1 is 0.743 bits per heavy atom. The lowest BCUT2D eigenvalue weighted by molar-refractivity contribution is 0.0698. The van der Waals surface area contributed by atoms with Crippen molar-refractivity contribution >= 4 is 34.6 Å². The molecular weight excluding hydrogens is 448 g/mol. The number of benzene rings is 3. The molecule has 35 heavy (non-hydrogen) atoms. The summed E-state index contributed by atoms with van der Waals surface area (Å²) in [6.45, 7) is 0. The number of nitrogens with zero attached hydrogens (tertiary/aromatic N) is 1. The molecule has 0 saturated carbocycles. The molecule has 2 heterocycles. The van der Waals surface area contributed by atoms with Crippen molar-refractivity contribution < 1.29 is 27.9 Å². The Hall–Kier alpha value is -5.11. The maximum Gasteiger partial charge on any atom is 0.379 e. The molecule has 0 radical (unpaired) electrons. The highest BCUT2D eigenvalue weighted by Crippen LogP contribution is 2.26. The number of ether oxygens (including phenoxy) is 2. The van der Waals surface area contributed by atoms with Crippen LogP contribution in [0, 0.1) is 0 Å². The van der Waals surface area contributed by atoms with Gasteiger partial charge in [-0.05, 0) is 59.3 Å². The number of hydrogen-bond acceptors (Lipinski definition) is 8. The Morgan fingerprint density at radius 2 is 1.46 bits per heavy atom. The predicted molar refractivity (Wildman–Crippen MR) is 129 cm³/mol. The van der Waals surface area contributed by atoms with Crippen molar-refractivity contribution in [3.63, 3.8) is 0 Å². The van der Waals surface area contributed by atoms with Crippen LogP contribution in [0.5, 0.6) is 11.5 Å². The second kappa shape index (κ2) is 9.80. The maximum absolute atomic E-state index is 12.5. The van der Waals surface area contributed by atoms with Gasteiger partial charge in [-0.25, -0.2) is 9.59 Å². The number of hydrazone groups is 1. The Labute approximate surface area is 199 Å². The molecule has 0 aliphatic carbocycles. The summed E-state index contributed by atoms with van der Waals surface area (Å²) in [5.74, 6) is -1.03. The quantitative estimate of drug-likeness (QED) is 0.138. The third-order valence-corrected chi connectivity index (χ3v) is 4.99. The molecule has 172 valence electrons. The van der Waals surface area contributed by atoms with Crippen molar-refractivity contribution in [2.75, 3.05) is 5.43 Å². The summed E-state index contributed by atoms with van der Waals surface area (Å²) in [5.41, 5.74) is 4.23. The first-order valence-electron chi connectivity index (χ1n) is 10.6. The number of carbonyl (C=O) groups is 2. The number of hydrogen-bond donors (Lipinski definition) is 1. The number of furan rings is 2. The van der Waals surface area contributed by atoms with Gasteiger partial charge >= 0.3 is 11.9 Å². The molecule has 0 fully saturated rings. The molecule has 8 heteroatoms. The first-order valence-corrected chi connectivity index (χ1v) is 10.6. The zero-order valence-electron chi connectivity index (χ0n) is 18.2. The van der Waals surface area contributed by atoms with Crippen LogP contribution >= 0.6 is 0 Å². The fourth-order valence-corrected chi connectivity index (χ4v) is 3.31. The molecule has 0 aliphatic heterocycles. The van der Waals surface area contributed by atoms with Gasteiger partial charge in [0, 0.05) is 11.6 Å². The lowest BCUT2D eigenvalue weighted by atomic mass is 10.1. The molecule has 1 N–H and O–H groups in total. The average molecular weight is 466 g/mol. The minimum absolute atomic E-state index is 0.0279. The monoisotopic (exact) mass is 466 g/mol. The molecule has 0 atom stereocenters. The van der Waals surface area contributed by atoms with E-state index >= 15 is 0 Å². The van der Waals surface area contributed by atoms with E-state index in [1.165, 1.54) is 36.9 Å². The summed E-state index contributed by atoms with van der Waals surface area (Å²) >= 11 is 0. The Morgan fingerprint density at radius 3 is 2.17 bits per heavy atom. The van der Waals surface area contributed by atoms with Crippen molar-refractivity contribution in [1.29, 1.82) is 0 Å². The third-order valence-electron chi connectivity index (χ3n) is 4.99. The van der Waals surface area contributed by atoms with Crippen molar-refractivity contribution in [1.82, 2.24) is 0 Å². The van der Waals surface area contributed by atoms with E-state index < -0.39 is 11.9 Å².